The van der Waals surface area contributed by atoms with E-state index in [1.165, 1.54) is 0 Å². The number of aryl methyl sites for hydroxylation is 3. The van der Waals surface area contributed by atoms with Crippen molar-refractivity contribution in [3.63, 3.8) is 0 Å². The average molecular weight is 417 g/mol. The van der Waals surface area contributed by atoms with Crippen LogP contribution in [0.25, 0.3) is 32.9 Å². The maximum Gasteiger partial charge on any atom is 0.236 e. The molecule has 0 N–H and O–H groups in total. The van der Waals surface area contributed by atoms with Crippen LogP contribution < -0.4 is 4.74 Å². The zero-order valence-corrected chi connectivity index (χ0v) is 17.7. The van der Waals surface area contributed by atoms with Crippen molar-refractivity contribution in [3.8, 4) is 27.8 Å². The van der Waals surface area contributed by atoms with Gasteiger partial charge in [-0.25, -0.2) is 4.98 Å². The number of oxazole rings is 1. The normalized spacial score (nSPS) is 11.3. The van der Waals surface area contributed by atoms with E-state index in [0.717, 1.165) is 44.2 Å². The Bertz CT molecular complexity index is 1320. The molecule has 0 spiro atoms. The van der Waals surface area contributed by atoms with Crippen LogP contribution in [0.2, 0.25) is 0 Å². The molecule has 1 aromatic carbocycles. The SMILES string of the molecule is Cc1oc(-c2cccs2)nc1COc1cc(-c2ccccc2)c2c(C)nn(C)c2n1. The van der Waals surface area contributed by atoms with Crippen LogP contribution in [-0.4, -0.2) is 19.7 Å². The van der Waals surface area contributed by atoms with Crippen LogP contribution in [0.4, 0.5) is 0 Å². The molecule has 0 fully saturated rings. The number of thiophene rings is 1. The molecule has 6 nitrogen and oxygen atoms in total. The Kier molecular flexibility index (Phi) is 4.59. The first-order valence-corrected chi connectivity index (χ1v) is 10.5. The molecule has 30 heavy (non-hydrogen) atoms. The molecule has 0 amide bonds. The fraction of sp³-hybridized carbons (Fsp3) is 0.174. The minimum Gasteiger partial charge on any atom is -0.471 e. The van der Waals surface area contributed by atoms with Gasteiger partial charge in [-0.1, -0.05) is 36.4 Å². The molecule has 0 radical (unpaired) electrons. The average Bonchev–Trinajstić information content (AvgIpc) is 3.47. The third-order valence-corrected chi connectivity index (χ3v) is 5.87. The van der Waals surface area contributed by atoms with Crippen molar-refractivity contribution in [3.05, 3.63) is 71.1 Å². The summed E-state index contributed by atoms with van der Waals surface area (Å²) in [6.07, 6.45) is 0. The maximum atomic E-state index is 6.07. The van der Waals surface area contributed by atoms with Gasteiger partial charge in [0.1, 0.15) is 18.1 Å². The number of pyridine rings is 1. The van der Waals surface area contributed by atoms with Crippen LogP contribution in [-0.2, 0) is 13.7 Å². The lowest BCUT2D eigenvalue weighted by molar-refractivity contribution is 0.288. The molecule has 0 aliphatic carbocycles. The van der Waals surface area contributed by atoms with Gasteiger partial charge >= 0.3 is 0 Å². The highest BCUT2D eigenvalue weighted by molar-refractivity contribution is 7.13. The minimum absolute atomic E-state index is 0.282. The summed E-state index contributed by atoms with van der Waals surface area (Å²) in [5.41, 5.74) is 4.65. The summed E-state index contributed by atoms with van der Waals surface area (Å²) < 4.78 is 13.7. The van der Waals surface area contributed by atoms with Crippen LogP contribution >= 0.6 is 11.3 Å². The molecule has 0 saturated carbocycles. The fourth-order valence-corrected chi connectivity index (χ4v) is 4.20. The van der Waals surface area contributed by atoms with Crippen LogP contribution in [0.15, 0.2) is 58.3 Å². The second kappa shape index (κ2) is 7.42. The Balaban J connectivity index is 1.50. The van der Waals surface area contributed by atoms with Gasteiger partial charge in [0.25, 0.3) is 0 Å². The molecule has 0 saturated heterocycles. The topological polar surface area (TPSA) is 66.0 Å². The Morgan fingerprint density at radius 1 is 1.07 bits per heavy atom. The molecule has 7 heteroatoms. The number of benzene rings is 1. The van der Waals surface area contributed by atoms with E-state index in [1.54, 1.807) is 16.0 Å². The van der Waals surface area contributed by atoms with Gasteiger partial charge < -0.3 is 9.15 Å². The zero-order chi connectivity index (χ0) is 20.7. The second-order valence-corrected chi connectivity index (χ2v) is 8.02. The highest BCUT2D eigenvalue weighted by Gasteiger charge is 2.17. The molecular weight excluding hydrogens is 396 g/mol. The summed E-state index contributed by atoms with van der Waals surface area (Å²) in [5.74, 6) is 1.90. The summed E-state index contributed by atoms with van der Waals surface area (Å²) in [4.78, 5) is 10.3. The molecule has 0 atom stereocenters. The summed E-state index contributed by atoms with van der Waals surface area (Å²) in [5, 5.41) is 7.60. The van der Waals surface area contributed by atoms with Crippen molar-refractivity contribution >= 4 is 22.4 Å². The number of hydrogen-bond donors (Lipinski definition) is 0. The first kappa shape index (κ1) is 18.6. The minimum atomic E-state index is 0.282. The van der Waals surface area contributed by atoms with E-state index in [0.29, 0.717) is 11.8 Å². The zero-order valence-electron chi connectivity index (χ0n) is 16.9. The smallest absolute Gasteiger partial charge is 0.236 e. The summed E-state index contributed by atoms with van der Waals surface area (Å²) in [6, 6.07) is 16.2. The number of ether oxygens (including phenoxy) is 1. The van der Waals surface area contributed by atoms with Crippen LogP contribution in [0.1, 0.15) is 17.1 Å². The van der Waals surface area contributed by atoms with Crippen molar-refractivity contribution in [2.45, 2.75) is 20.5 Å². The predicted molar refractivity (Wildman–Crippen MR) is 118 cm³/mol. The third-order valence-electron chi connectivity index (χ3n) is 5.01. The molecule has 0 bridgehead atoms. The summed E-state index contributed by atoms with van der Waals surface area (Å²) in [7, 11) is 1.90. The number of hydrogen-bond acceptors (Lipinski definition) is 6. The maximum absolute atomic E-state index is 6.07. The van der Waals surface area contributed by atoms with Gasteiger partial charge in [-0.3, -0.25) is 4.68 Å². The highest BCUT2D eigenvalue weighted by atomic mass is 32.1. The fourth-order valence-electron chi connectivity index (χ4n) is 3.55. The van der Waals surface area contributed by atoms with Crippen molar-refractivity contribution < 1.29 is 9.15 Å². The molecule has 150 valence electrons. The molecule has 5 rings (SSSR count). The molecule has 5 aromatic rings. The van der Waals surface area contributed by atoms with E-state index in [2.05, 4.69) is 22.2 Å². The first-order valence-electron chi connectivity index (χ1n) is 9.63. The lowest BCUT2D eigenvalue weighted by Crippen LogP contribution is -2.01. The summed E-state index contributed by atoms with van der Waals surface area (Å²) >= 11 is 1.60. The van der Waals surface area contributed by atoms with Gasteiger partial charge in [-0.15, -0.1) is 11.3 Å². The van der Waals surface area contributed by atoms with Gasteiger partial charge in [0, 0.05) is 13.1 Å². The Hall–Kier alpha value is -3.45. The highest BCUT2D eigenvalue weighted by Crippen LogP contribution is 2.33. The quantitative estimate of drug-likeness (QED) is 0.376. The van der Waals surface area contributed by atoms with E-state index in [9.17, 15) is 0 Å². The number of nitrogens with zero attached hydrogens (tertiary/aromatic N) is 4. The molecule has 0 aliphatic rings. The van der Waals surface area contributed by atoms with Crippen molar-refractivity contribution in [2.24, 2.45) is 7.05 Å². The van der Waals surface area contributed by atoms with E-state index in [4.69, 9.17) is 14.1 Å². The number of fused-ring (bicyclic) bond motifs is 1. The van der Waals surface area contributed by atoms with Crippen molar-refractivity contribution in [2.75, 3.05) is 0 Å². The van der Waals surface area contributed by atoms with Gasteiger partial charge in [0.05, 0.1) is 16.0 Å². The Morgan fingerprint density at radius 2 is 1.90 bits per heavy atom. The molecular formula is C23H20N4O2S. The lowest BCUT2D eigenvalue weighted by Gasteiger charge is -2.09. The predicted octanol–water partition coefficient (Wildman–Crippen LogP) is 5.55. The van der Waals surface area contributed by atoms with Crippen molar-refractivity contribution in [1.29, 1.82) is 0 Å². The molecule has 4 heterocycles. The van der Waals surface area contributed by atoms with E-state index in [1.807, 2.05) is 62.7 Å². The molecule has 4 aromatic heterocycles. The van der Waals surface area contributed by atoms with Gasteiger partial charge in [-0.2, -0.15) is 10.1 Å². The van der Waals surface area contributed by atoms with Crippen molar-refractivity contribution in [1.82, 2.24) is 19.7 Å². The number of rotatable bonds is 5. The Morgan fingerprint density at radius 3 is 2.67 bits per heavy atom. The van der Waals surface area contributed by atoms with Crippen LogP contribution in [0.5, 0.6) is 5.88 Å². The van der Waals surface area contributed by atoms with E-state index in [-0.39, 0.29) is 6.61 Å². The van der Waals surface area contributed by atoms with E-state index >= 15 is 0 Å². The van der Waals surface area contributed by atoms with E-state index < -0.39 is 0 Å². The standard InChI is InChI=1S/C23H20N4O2S/c1-14-21-17(16-8-5-4-6-9-16)12-20(25-22(21)27(3)26-14)28-13-18-15(2)29-23(24-18)19-10-7-11-30-19/h4-12H,13H2,1-3H3. The Labute approximate surface area is 177 Å². The number of aromatic nitrogens is 4. The monoisotopic (exact) mass is 416 g/mol. The first-order chi connectivity index (χ1) is 14.6. The van der Waals surface area contributed by atoms with Gasteiger partial charge in [0.2, 0.25) is 11.8 Å². The van der Waals surface area contributed by atoms with Gasteiger partial charge in [-0.05, 0) is 36.4 Å². The lowest BCUT2D eigenvalue weighted by atomic mass is 10.0. The van der Waals surface area contributed by atoms with Crippen LogP contribution in [0, 0.1) is 13.8 Å². The largest absolute Gasteiger partial charge is 0.471 e. The summed E-state index contributed by atoms with van der Waals surface area (Å²) in [6.45, 7) is 4.19. The van der Waals surface area contributed by atoms with Crippen LogP contribution in [0.3, 0.4) is 0 Å². The molecule has 0 aliphatic heterocycles. The second-order valence-electron chi connectivity index (χ2n) is 7.07. The van der Waals surface area contributed by atoms with Gasteiger partial charge in [0.15, 0.2) is 5.65 Å². The third kappa shape index (κ3) is 3.27. The molecule has 0 unspecified atom stereocenters.